The van der Waals surface area contributed by atoms with Gasteiger partial charge in [-0.2, -0.15) is 0 Å². The van der Waals surface area contributed by atoms with Crippen molar-refractivity contribution >= 4 is 17.4 Å². The fourth-order valence-corrected chi connectivity index (χ4v) is 3.28. The predicted octanol–water partition coefficient (Wildman–Crippen LogP) is 4.08. The summed E-state index contributed by atoms with van der Waals surface area (Å²) in [6.07, 6.45) is 0. The quantitative estimate of drug-likeness (QED) is 0.788. The Labute approximate surface area is 99.9 Å². The Hall–Kier alpha value is -1.41. The minimum absolute atomic E-state index is 0.0368. The van der Waals surface area contributed by atoms with Crippen LogP contribution in [0.1, 0.15) is 12.5 Å². The molecule has 0 amide bonds. The van der Waals surface area contributed by atoms with Crippen molar-refractivity contribution in [3.63, 3.8) is 0 Å². The van der Waals surface area contributed by atoms with Crippen LogP contribution in [0.4, 0.5) is 5.69 Å². The highest BCUT2D eigenvalue weighted by Crippen LogP contribution is 2.50. The first kappa shape index (κ1) is 9.79. The summed E-state index contributed by atoms with van der Waals surface area (Å²) < 4.78 is 0. The second kappa shape index (κ2) is 3.56. The smallest absolute Gasteiger partial charge is 0.111 e. The van der Waals surface area contributed by atoms with Gasteiger partial charge in [0.05, 0.1) is 0 Å². The molecule has 2 heteroatoms. The highest BCUT2D eigenvalue weighted by Gasteiger charge is 2.34. The minimum Gasteiger partial charge on any atom is -0.366 e. The lowest BCUT2D eigenvalue weighted by Crippen LogP contribution is -2.23. The Morgan fingerprint density at radius 2 is 1.62 bits per heavy atom. The molecular weight excluding hydrogens is 214 g/mol. The van der Waals surface area contributed by atoms with E-state index in [-0.39, 0.29) is 4.87 Å². The lowest BCUT2D eigenvalue weighted by molar-refractivity contribution is 0.816. The van der Waals surface area contributed by atoms with Crippen LogP contribution >= 0.6 is 11.8 Å². The molecule has 0 fully saturated rings. The highest BCUT2D eigenvalue weighted by atomic mass is 32.2. The Morgan fingerprint density at radius 1 is 0.938 bits per heavy atom. The third-order valence-electron chi connectivity index (χ3n) is 2.90. The lowest BCUT2D eigenvalue weighted by atomic mass is 10.1. The second-order valence-corrected chi connectivity index (χ2v) is 5.58. The first-order chi connectivity index (χ1) is 7.78. The lowest BCUT2D eigenvalue weighted by Gasteiger charge is -2.24. The third kappa shape index (κ3) is 1.50. The predicted molar refractivity (Wildman–Crippen MR) is 69.7 cm³/mol. The number of anilines is 1. The van der Waals surface area contributed by atoms with E-state index in [0.29, 0.717) is 0 Å². The van der Waals surface area contributed by atoms with E-state index in [9.17, 15) is 0 Å². The van der Waals surface area contributed by atoms with Crippen LogP contribution in [0, 0.1) is 0 Å². The number of fused-ring (bicyclic) bond motifs is 1. The molecule has 1 nitrogen and oxygen atoms in total. The zero-order valence-corrected chi connectivity index (χ0v) is 9.92. The first-order valence-corrected chi connectivity index (χ1v) is 6.21. The molecule has 16 heavy (non-hydrogen) atoms. The maximum atomic E-state index is 3.59. The Balaban J connectivity index is 2.01. The molecular formula is C14H13NS. The normalized spacial score (nSPS) is 22.6. The van der Waals surface area contributed by atoms with E-state index in [1.807, 2.05) is 11.8 Å². The van der Waals surface area contributed by atoms with Crippen molar-refractivity contribution in [2.45, 2.75) is 16.7 Å². The van der Waals surface area contributed by atoms with E-state index in [0.717, 1.165) is 0 Å². The van der Waals surface area contributed by atoms with Crippen molar-refractivity contribution in [1.82, 2.24) is 0 Å². The Morgan fingerprint density at radius 3 is 2.38 bits per heavy atom. The average Bonchev–Trinajstić information content (AvgIpc) is 2.68. The molecule has 80 valence electrons. The molecule has 1 atom stereocenters. The van der Waals surface area contributed by atoms with Crippen LogP contribution in [-0.2, 0) is 4.87 Å². The zero-order chi connectivity index (χ0) is 11.0. The maximum absolute atomic E-state index is 3.59. The molecule has 1 aliphatic heterocycles. The van der Waals surface area contributed by atoms with Crippen molar-refractivity contribution in [3.05, 3.63) is 60.2 Å². The summed E-state index contributed by atoms with van der Waals surface area (Å²) in [4.78, 5) is 1.29. The zero-order valence-electron chi connectivity index (χ0n) is 9.10. The Bertz CT molecular complexity index is 482. The summed E-state index contributed by atoms with van der Waals surface area (Å²) in [5.41, 5.74) is 2.55. The van der Waals surface area contributed by atoms with Gasteiger partial charge < -0.3 is 5.32 Å². The number of nitrogens with one attached hydrogen (secondary N) is 1. The molecule has 0 saturated heterocycles. The number of thioether (sulfide) groups is 1. The van der Waals surface area contributed by atoms with Crippen LogP contribution in [0.15, 0.2) is 59.5 Å². The fourth-order valence-electron chi connectivity index (χ4n) is 2.05. The summed E-state index contributed by atoms with van der Waals surface area (Å²) in [5, 5.41) is 3.59. The van der Waals surface area contributed by atoms with Crippen LogP contribution in [-0.4, -0.2) is 0 Å². The molecule has 2 aromatic rings. The maximum Gasteiger partial charge on any atom is 0.111 e. The summed E-state index contributed by atoms with van der Waals surface area (Å²) in [5.74, 6) is 0. The average molecular weight is 227 g/mol. The molecule has 0 unspecified atom stereocenters. The van der Waals surface area contributed by atoms with Gasteiger partial charge in [-0.15, -0.1) is 0 Å². The molecule has 1 aliphatic rings. The SMILES string of the molecule is C[C@@]1(c2ccccc2)Nc2ccccc2S1. The van der Waals surface area contributed by atoms with Gasteiger partial charge in [0, 0.05) is 10.6 Å². The Kier molecular flexibility index (Phi) is 2.18. The number of hydrogen-bond donors (Lipinski definition) is 1. The van der Waals surface area contributed by atoms with E-state index in [1.165, 1.54) is 16.1 Å². The van der Waals surface area contributed by atoms with E-state index >= 15 is 0 Å². The van der Waals surface area contributed by atoms with Gasteiger partial charge in [0.25, 0.3) is 0 Å². The molecule has 1 heterocycles. The van der Waals surface area contributed by atoms with Gasteiger partial charge in [-0.25, -0.2) is 0 Å². The monoisotopic (exact) mass is 227 g/mol. The topological polar surface area (TPSA) is 12.0 Å². The molecule has 0 saturated carbocycles. The summed E-state index contributed by atoms with van der Waals surface area (Å²) in [7, 11) is 0. The van der Waals surface area contributed by atoms with Crippen LogP contribution < -0.4 is 5.32 Å². The van der Waals surface area contributed by atoms with Crippen molar-refractivity contribution in [2.75, 3.05) is 5.32 Å². The highest BCUT2D eigenvalue weighted by molar-refractivity contribution is 8.00. The standard InChI is InChI=1S/C14H13NS/c1-14(11-7-3-2-4-8-11)15-12-9-5-6-10-13(12)16-14/h2-10,15H,1H3/t14-/m1/s1. The molecule has 0 aromatic heterocycles. The summed E-state index contributed by atoms with van der Waals surface area (Å²) >= 11 is 1.88. The number of benzene rings is 2. The van der Waals surface area contributed by atoms with Gasteiger partial charge in [0.15, 0.2) is 0 Å². The number of hydrogen-bond acceptors (Lipinski definition) is 2. The third-order valence-corrected chi connectivity index (χ3v) is 4.22. The molecule has 0 aliphatic carbocycles. The number of rotatable bonds is 1. The molecule has 1 N–H and O–H groups in total. The first-order valence-electron chi connectivity index (χ1n) is 5.40. The van der Waals surface area contributed by atoms with E-state index in [2.05, 4.69) is 66.8 Å². The largest absolute Gasteiger partial charge is 0.366 e. The minimum atomic E-state index is -0.0368. The van der Waals surface area contributed by atoms with Crippen molar-refractivity contribution in [2.24, 2.45) is 0 Å². The summed E-state index contributed by atoms with van der Waals surface area (Å²) in [6.45, 7) is 2.23. The van der Waals surface area contributed by atoms with Crippen LogP contribution in [0.2, 0.25) is 0 Å². The molecule has 0 spiro atoms. The van der Waals surface area contributed by atoms with Gasteiger partial charge in [-0.05, 0) is 24.6 Å². The van der Waals surface area contributed by atoms with Gasteiger partial charge >= 0.3 is 0 Å². The molecule has 0 radical (unpaired) electrons. The van der Waals surface area contributed by atoms with Crippen molar-refractivity contribution < 1.29 is 0 Å². The summed E-state index contributed by atoms with van der Waals surface area (Å²) in [6, 6.07) is 19.0. The van der Waals surface area contributed by atoms with Crippen molar-refractivity contribution in [1.29, 1.82) is 0 Å². The van der Waals surface area contributed by atoms with Gasteiger partial charge in [-0.1, -0.05) is 54.2 Å². The number of para-hydroxylation sites is 1. The fraction of sp³-hybridized carbons (Fsp3) is 0.143. The van der Waals surface area contributed by atoms with Crippen molar-refractivity contribution in [3.8, 4) is 0 Å². The van der Waals surface area contributed by atoms with E-state index in [4.69, 9.17) is 0 Å². The molecule has 3 rings (SSSR count). The van der Waals surface area contributed by atoms with Crippen LogP contribution in [0.25, 0.3) is 0 Å². The van der Waals surface area contributed by atoms with Gasteiger partial charge in [0.2, 0.25) is 0 Å². The van der Waals surface area contributed by atoms with Gasteiger partial charge in [-0.3, -0.25) is 0 Å². The van der Waals surface area contributed by atoms with Crippen LogP contribution in [0.3, 0.4) is 0 Å². The van der Waals surface area contributed by atoms with E-state index < -0.39 is 0 Å². The van der Waals surface area contributed by atoms with Crippen LogP contribution in [0.5, 0.6) is 0 Å². The molecule has 2 aromatic carbocycles. The molecule has 0 bridgehead atoms. The van der Waals surface area contributed by atoms with E-state index in [1.54, 1.807) is 0 Å². The second-order valence-electron chi connectivity index (χ2n) is 4.12. The van der Waals surface area contributed by atoms with Gasteiger partial charge in [0.1, 0.15) is 4.87 Å².